The third-order valence-corrected chi connectivity index (χ3v) is 10.8. The topological polar surface area (TPSA) is 229 Å². The predicted molar refractivity (Wildman–Crippen MR) is 117 cm³/mol. The number of nitrogens with two attached hydrogens (primary N) is 1. The van der Waals surface area contributed by atoms with E-state index >= 15 is 0 Å². The molecule has 0 amide bonds. The highest BCUT2D eigenvalue weighted by atomic mass is 32.2. The van der Waals surface area contributed by atoms with Gasteiger partial charge in [-0.1, -0.05) is 25.6 Å². The van der Waals surface area contributed by atoms with Gasteiger partial charge in [0.1, 0.15) is 11.7 Å². The molecule has 0 aromatic carbocycles. The summed E-state index contributed by atoms with van der Waals surface area (Å²) in [7, 11) is -15.2. The first-order valence-electron chi connectivity index (χ1n) is 9.37. The minimum Gasteiger partial charge on any atom is -0.382 e. The molecule has 0 radical (unpaired) electrons. The number of thioether (sulfide) groups is 1. The summed E-state index contributed by atoms with van der Waals surface area (Å²) in [4.78, 5) is 49.7. The van der Waals surface area contributed by atoms with Crippen LogP contribution in [0.5, 0.6) is 0 Å². The second-order valence-corrected chi connectivity index (χ2v) is 13.9. The number of imidazole rings is 1. The number of ether oxygens (including phenoxy) is 1. The van der Waals surface area contributed by atoms with Crippen molar-refractivity contribution >= 4 is 51.8 Å². The maximum absolute atomic E-state index is 12.1. The van der Waals surface area contributed by atoms with Gasteiger partial charge in [0.05, 0.1) is 19.0 Å². The van der Waals surface area contributed by atoms with Crippen molar-refractivity contribution in [3.05, 3.63) is 6.33 Å². The first-order chi connectivity index (χ1) is 15.1. The Morgan fingerprint density at radius 3 is 2.45 bits per heavy atom. The fourth-order valence-corrected chi connectivity index (χ4v) is 8.06. The van der Waals surface area contributed by atoms with Gasteiger partial charge >= 0.3 is 23.0 Å². The van der Waals surface area contributed by atoms with Gasteiger partial charge in [0.15, 0.2) is 22.5 Å². The lowest BCUT2D eigenvalue weighted by molar-refractivity contribution is -0.0329. The van der Waals surface area contributed by atoms with Gasteiger partial charge in [0.2, 0.25) is 0 Å². The van der Waals surface area contributed by atoms with Gasteiger partial charge in [-0.05, 0) is 12.2 Å². The van der Waals surface area contributed by atoms with Crippen LogP contribution in [0.25, 0.3) is 11.2 Å². The molecule has 1 aliphatic heterocycles. The van der Waals surface area contributed by atoms with Crippen LogP contribution in [0.1, 0.15) is 20.1 Å². The van der Waals surface area contributed by atoms with Crippen LogP contribution >= 0.6 is 34.8 Å². The second-order valence-electron chi connectivity index (χ2n) is 7.49. The van der Waals surface area contributed by atoms with E-state index in [4.69, 9.17) is 24.8 Å². The van der Waals surface area contributed by atoms with E-state index in [0.29, 0.717) is 16.3 Å². The van der Waals surface area contributed by atoms with Gasteiger partial charge in [-0.15, -0.1) is 0 Å². The van der Waals surface area contributed by atoms with Crippen LogP contribution in [0.4, 0.5) is 5.82 Å². The van der Waals surface area contributed by atoms with Gasteiger partial charge in [0, 0.05) is 5.92 Å². The van der Waals surface area contributed by atoms with Crippen LogP contribution in [0.3, 0.4) is 0 Å². The lowest BCUT2D eigenvalue weighted by Gasteiger charge is -2.20. The Bertz CT molecular complexity index is 1170. The average molecular weight is 547 g/mol. The molecule has 2 aromatic heterocycles. The van der Waals surface area contributed by atoms with Gasteiger partial charge < -0.3 is 30.0 Å². The number of phosphoric ester groups is 1. The SMILES string of the molecule is CSc1nc(N)c2ncn(C3OC(COP(=O)(O)OP(=O)(O)CP(=O)(O)O)C(C)C3C)c2n1. The first kappa shape index (κ1) is 26.7. The van der Waals surface area contributed by atoms with E-state index in [1.54, 1.807) is 10.8 Å². The highest BCUT2D eigenvalue weighted by Crippen LogP contribution is 2.65. The van der Waals surface area contributed by atoms with Gasteiger partial charge in [0.25, 0.3) is 0 Å². The molecule has 6 unspecified atom stereocenters. The van der Waals surface area contributed by atoms with E-state index in [2.05, 4.69) is 19.3 Å². The summed E-state index contributed by atoms with van der Waals surface area (Å²) in [6, 6.07) is 0. The summed E-state index contributed by atoms with van der Waals surface area (Å²) >= 11 is 1.30. The van der Waals surface area contributed by atoms with Gasteiger partial charge in [-0.3, -0.25) is 18.2 Å². The van der Waals surface area contributed by atoms with Crippen molar-refractivity contribution in [3.63, 3.8) is 0 Å². The predicted octanol–water partition coefficient (Wildman–Crippen LogP) is 1.75. The van der Waals surface area contributed by atoms with Crippen LogP contribution in [-0.2, 0) is 27.3 Å². The number of rotatable bonds is 9. The third kappa shape index (κ3) is 6.41. The van der Waals surface area contributed by atoms with Crippen molar-refractivity contribution in [3.8, 4) is 0 Å². The van der Waals surface area contributed by atoms with E-state index in [0.717, 1.165) is 0 Å². The van der Waals surface area contributed by atoms with Crippen molar-refractivity contribution in [2.75, 3.05) is 24.5 Å². The molecule has 6 N–H and O–H groups in total. The van der Waals surface area contributed by atoms with E-state index in [9.17, 15) is 23.5 Å². The molecular formula is C14H24N5O10P3S. The molecule has 15 nitrogen and oxygen atoms in total. The fraction of sp³-hybridized carbons (Fsp3) is 0.643. The number of phosphoric acid groups is 1. The zero-order valence-electron chi connectivity index (χ0n) is 17.7. The molecule has 0 bridgehead atoms. The van der Waals surface area contributed by atoms with E-state index in [1.165, 1.54) is 18.1 Å². The number of aromatic nitrogens is 4. The Labute approximate surface area is 192 Å². The minimum atomic E-state index is -5.13. The molecule has 2 aromatic rings. The zero-order valence-corrected chi connectivity index (χ0v) is 21.2. The summed E-state index contributed by atoms with van der Waals surface area (Å²) in [6.07, 6.45) is 1.98. The molecule has 0 aliphatic carbocycles. The molecule has 3 heterocycles. The Hall–Kier alpha value is -0.890. The van der Waals surface area contributed by atoms with Crippen molar-refractivity contribution in [1.29, 1.82) is 0 Å². The molecule has 33 heavy (non-hydrogen) atoms. The molecule has 1 saturated heterocycles. The standard InChI is InChI=1S/C14H24N5O10P3S/c1-7-8(2)13(19-5-16-10-11(15)17-14(33-3)18-12(10)19)28-9(7)4-27-32(25,26)29-31(23,24)6-30(20,21)22/h5,7-9,13H,4,6H2,1-3H3,(H,23,24)(H,25,26)(H2,15,17,18)(H2,20,21,22). The Balaban J connectivity index is 1.73. The first-order valence-corrected chi connectivity index (χ1v) is 15.6. The van der Waals surface area contributed by atoms with Crippen molar-refractivity contribution in [2.24, 2.45) is 11.8 Å². The van der Waals surface area contributed by atoms with Gasteiger partial charge in [-0.25, -0.2) is 23.8 Å². The molecule has 0 saturated carbocycles. The Kier molecular flexibility index (Phi) is 7.80. The monoisotopic (exact) mass is 547 g/mol. The molecule has 19 heteroatoms. The largest absolute Gasteiger partial charge is 0.479 e. The van der Waals surface area contributed by atoms with Crippen molar-refractivity contribution < 1.29 is 46.8 Å². The summed E-state index contributed by atoms with van der Waals surface area (Å²) in [5, 5.41) is 0.447. The van der Waals surface area contributed by atoms with Crippen LogP contribution in [0.15, 0.2) is 11.5 Å². The van der Waals surface area contributed by atoms with E-state index in [1.807, 2.05) is 13.8 Å². The summed E-state index contributed by atoms with van der Waals surface area (Å²) in [5.41, 5.74) is 6.80. The normalized spacial score (nSPS) is 27.5. The van der Waals surface area contributed by atoms with Crippen molar-refractivity contribution in [1.82, 2.24) is 19.5 Å². The van der Waals surface area contributed by atoms with Crippen LogP contribution in [0, 0.1) is 11.8 Å². The van der Waals surface area contributed by atoms with Crippen LogP contribution in [-0.4, -0.2) is 64.0 Å². The number of fused-ring (bicyclic) bond motifs is 1. The van der Waals surface area contributed by atoms with Crippen molar-refractivity contribution in [2.45, 2.75) is 31.3 Å². The maximum Gasteiger partial charge on any atom is 0.479 e. The molecular weight excluding hydrogens is 523 g/mol. The molecule has 1 aliphatic rings. The van der Waals surface area contributed by atoms with Crippen LogP contribution in [0.2, 0.25) is 0 Å². The minimum absolute atomic E-state index is 0.137. The number of nitrogens with zero attached hydrogens (tertiary/aromatic N) is 4. The summed E-state index contributed by atoms with van der Waals surface area (Å²) in [5.74, 6) is -1.76. The average Bonchev–Trinajstić information content (AvgIpc) is 3.19. The van der Waals surface area contributed by atoms with E-state index in [-0.39, 0.29) is 17.7 Å². The second kappa shape index (κ2) is 9.63. The quantitative estimate of drug-likeness (QED) is 0.171. The third-order valence-electron chi connectivity index (χ3n) is 5.06. The molecule has 0 spiro atoms. The Morgan fingerprint density at radius 2 is 1.85 bits per heavy atom. The smallest absolute Gasteiger partial charge is 0.382 e. The molecule has 186 valence electrons. The summed E-state index contributed by atoms with van der Waals surface area (Å²) in [6.45, 7) is 3.21. The molecule has 3 rings (SSSR count). The fourth-order valence-electron chi connectivity index (χ4n) is 3.34. The number of anilines is 1. The van der Waals surface area contributed by atoms with E-state index < -0.39 is 47.9 Å². The molecule has 6 atom stereocenters. The zero-order chi connectivity index (χ0) is 24.8. The molecule has 1 fully saturated rings. The van der Waals surface area contributed by atoms with Crippen LogP contribution < -0.4 is 5.73 Å². The highest BCUT2D eigenvalue weighted by Gasteiger charge is 2.44. The number of hydrogen-bond acceptors (Lipinski definition) is 11. The lowest BCUT2D eigenvalue weighted by atomic mass is 9.93. The van der Waals surface area contributed by atoms with Gasteiger partial charge in [-0.2, -0.15) is 0 Å². The highest BCUT2D eigenvalue weighted by molar-refractivity contribution is 7.98. The maximum atomic E-state index is 12.1. The Morgan fingerprint density at radius 1 is 1.18 bits per heavy atom. The number of nitrogen functional groups attached to an aromatic ring is 1. The number of hydrogen-bond donors (Lipinski definition) is 5. The summed E-state index contributed by atoms with van der Waals surface area (Å²) < 4.78 is 51.3. The lowest BCUT2D eigenvalue weighted by Crippen LogP contribution is -2.21.